The number of hydrogen-bond acceptors (Lipinski definition) is 3. The van der Waals surface area contributed by atoms with E-state index in [9.17, 15) is 13.9 Å². The Labute approximate surface area is 119 Å². The van der Waals surface area contributed by atoms with Crippen LogP contribution in [0.3, 0.4) is 0 Å². The zero-order chi connectivity index (χ0) is 15.2. The SMILES string of the molecule is CCNCc1cc(F)c(OCC(O)(CC)CC)c(F)c1. The zero-order valence-electron chi connectivity index (χ0n) is 12.3. The van der Waals surface area contributed by atoms with Crippen LogP contribution in [-0.4, -0.2) is 23.9 Å². The summed E-state index contributed by atoms with van der Waals surface area (Å²) in [5.74, 6) is -1.91. The number of benzene rings is 1. The molecule has 5 heteroatoms. The minimum absolute atomic E-state index is 0.125. The standard InChI is InChI=1S/C15H23F2NO2/c1-4-15(19,5-2)10-20-14-12(16)7-11(8-13(14)17)9-18-6-3/h7-8,18-19H,4-6,9-10H2,1-3H3. The van der Waals surface area contributed by atoms with Crippen molar-refractivity contribution in [2.75, 3.05) is 13.2 Å². The average Bonchev–Trinajstić information content (AvgIpc) is 2.43. The summed E-state index contributed by atoms with van der Waals surface area (Å²) >= 11 is 0. The normalized spacial score (nSPS) is 11.7. The molecule has 3 nitrogen and oxygen atoms in total. The van der Waals surface area contributed by atoms with Crippen molar-refractivity contribution in [2.24, 2.45) is 0 Å². The summed E-state index contributed by atoms with van der Waals surface area (Å²) in [5.41, 5.74) is -0.531. The number of hydrogen-bond donors (Lipinski definition) is 2. The highest BCUT2D eigenvalue weighted by atomic mass is 19.1. The first-order valence-corrected chi connectivity index (χ1v) is 6.99. The van der Waals surface area contributed by atoms with Crippen molar-refractivity contribution >= 4 is 0 Å². The van der Waals surface area contributed by atoms with Gasteiger partial charge < -0.3 is 15.2 Å². The molecule has 0 unspecified atom stereocenters. The van der Waals surface area contributed by atoms with E-state index in [0.29, 0.717) is 24.9 Å². The van der Waals surface area contributed by atoms with Crippen molar-refractivity contribution in [3.63, 3.8) is 0 Å². The van der Waals surface area contributed by atoms with Crippen LogP contribution >= 0.6 is 0 Å². The largest absolute Gasteiger partial charge is 0.485 e. The molecule has 0 bridgehead atoms. The van der Waals surface area contributed by atoms with Gasteiger partial charge >= 0.3 is 0 Å². The van der Waals surface area contributed by atoms with E-state index in [4.69, 9.17) is 4.74 Å². The summed E-state index contributed by atoms with van der Waals surface area (Å²) in [4.78, 5) is 0. The molecule has 20 heavy (non-hydrogen) atoms. The quantitative estimate of drug-likeness (QED) is 0.772. The molecule has 0 aliphatic rings. The van der Waals surface area contributed by atoms with Crippen LogP contribution in [0.5, 0.6) is 5.75 Å². The highest BCUT2D eigenvalue weighted by molar-refractivity contribution is 5.31. The Kier molecular flexibility index (Phi) is 6.36. The molecule has 0 saturated heterocycles. The van der Waals surface area contributed by atoms with E-state index in [1.165, 1.54) is 12.1 Å². The first-order valence-electron chi connectivity index (χ1n) is 6.99. The minimum atomic E-state index is -1.05. The van der Waals surface area contributed by atoms with Gasteiger partial charge in [0, 0.05) is 6.54 Å². The summed E-state index contributed by atoms with van der Waals surface area (Å²) in [6, 6.07) is 2.50. The van der Waals surface area contributed by atoms with E-state index in [-0.39, 0.29) is 6.61 Å². The van der Waals surface area contributed by atoms with Gasteiger partial charge in [0.15, 0.2) is 17.4 Å². The highest BCUT2D eigenvalue weighted by Gasteiger charge is 2.25. The smallest absolute Gasteiger partial charge is 0.190 e. The van der Waals surface area contributed by atoms with Crippen LogP contribution in [0.15, 0.2) is 12.1 Å². The van der Waals surface area contributed by atoms with Gasteiger partial charge in [0.1, 0.15) is 6.61 Å². The predicted octanol–water partition coefficient (Wildman–Crippen LogP) is 3.00. The van der Waals surface area contributed by atoms with Gasteiger partial charge in [-0.25, -0.2) is 8.78 Å². The van der Waals surface area contributed by atoms with E-state index >= 15 is 0 Å². The van der Waals surface area contributed by atoms with E-state index in [1.807, 2.05) is 6.92 Å². The van der Waals surface area contributed by atoms with Crippen molar-refractivity contribution in [1.29, 1.82) is 0 Å². The minimum Gasteiger partial charge on any atom is -0.485 e. The molecular formula is C15H23F2NO2. The van der Waals surface area contributed by atoms with Crippen molar-refractivity contribution < 1.29 is 18.6 Å². The predicted molar refractivity (Wildman–Crippen MR) is 74.8 cm³/mol. The lowest BCUT2D eigenvalue weighted by atomic mass is 9.99. The van der Waals surface area contributed by atoms with Gasteiger partial charge in [-0.05, 0) is 37.1 Å². The van der Waals surface area contributed by atoms with Crippen LogP contribution in [0.1, 0.15) is 39.2 Å². The molecule has 0 aromatic heterocycles. The maximum absolute atomic E-state index is 13.8. The highest BCUT2D eigenvalue weighted by Crippen LogP contribution is 2.25. The molecule has 0 atom stereocenters. The molecule has 1 aromatic carbocycles. The molecule has 0 radical (unpaired) electrons. The Bertz CT molecular complexity index is 411. The molecule has 0 aliphatic heterocycles. The van der Waals surface area contributed by atoms with Gasteiger partial charge in [0.05, 0.1) is 5.60 Å². The van der Waals surface area contributed by atoms with Gasteiger partial charge in [-0.1, -0.05) is 20.8 Å². The molecule has 0 fully saturated rings. The van der Waals surface area contributed by atoms with E-state index < -0.39 is 23.0 Å². The lowest BCUT2D eigenvalue weighted by molar-refractivity contribution is -0.0133. The lowest BCUT2D eigenvalue weighted by Crippen LogP contribution is -2.34. The van der Waals surface area contributed by atoms with Crippen molar-refractivity contribution in [3.8, 4) is 5.75 Å². The van der Waals surface area contributed by atoms with Crippen LogP contribution in [-0.2, 0) is 6.54 Å². The molecule has 114 valence electrons. The van der Waals surface area contributed by atoms with Crippen molar-refractivity contribution in [2.45, 2.75) is 45.8 Å². The molecular weight excluding hydrogens is 264 g/mol. The summed E-state index contributed by atoms with van der Waals surface area (Å²) in [7, 11) is 0. The van der Waals surface area contributed by atoms with Gasteiger partial charge in [0.25, 0.3) is 0 Å². The van der Waals surface area contributed by atoms with Gasteiger partial charge in [-0.15, -0.1) is 0 Å². The molecule has 0 aliphatic carbocycles. The van der Waals surface area contributed by atoms with Gasteiger partial charge in [-0.3, -0.25) is 0 Å². The number of nitrogens with one attached hydrogen (secondary N) is 1. The Balaban J connectivity index is 2.81. The van der Waals surface area contributed by atoms with E-state index in [1.54, 1.807) is 13.8 Å². The Morgan fingerprint density at radius 3 is 2.15 bits per heavy atom. The summed E-state index contributed by atoms with van der Waals surface area (Å²) < 4.78 is 32.8. The molecule has 0 saturated carbocycles. The van der Waals surface area contributed by atoms with Crippen LogP contribution in [0.4, 0.5) is 8.78 Å². The number of halogens is 2. The maximum Gasteiger partial charge on any atom is 0.190 e. The average molecular weight is 287 g/mol. The van der Waals surface area contributed by atoms with Crippen LogP contribution < -0.4 is 10.1 Å². The van der Waals surface area contributed by atoms with E-state index in [2.05, 4.69) is 5.32 Å². The van der Waals surface area contributed by atoms with Crippen molar-refractivity contribution in [3.05, 3.63) is 29.3 Å². The first kappa shape index (κ1) is 16.9. The summed E-state index contributed by atoms with van der Waals surface area (Å²) in [6.45, 7) is 6.53. The molecule has 0 spiro atoms. The fourth-order valence-corrected chi connectivity index (χ4v) is 1.78. The molecule has 1 rings (SSSR count). The van der Waals surface area contributed by atoms with Gasteiger partial charge in [0.2, 0.25) is 0 Å². The molecule has 0 heterocycles. The summed E-state index contributed by atoms with van der Waals surface area (Å²) in [5, 5.41) is 13.1. The molecule has 0 amide bonds. The second-order valence-electron chi connectivity index (χ2n) is 4.89. The zero-order valence-corrected chi connectivity index (χ0v) is 12.3. The number of rotatable bonds is 8. The topological polar surface area (TPSA) is 41.5 Å². The number of ether oxygens (including phenoxy) is 1. The third-order valence-electron chi connectivity index (χ3n) is 3.44. The Hall–Kier alpha value is -1.20. The fraction of sp³-hybridized carbons (Fsp3) is 0.600. The second-order valence-corrected chi connectivity index (χ2v) is 4.89. The number of aliphatic hydroxyl groups is 1. The summed E-state index contributed by atoms with van der Waals surface area (Å²) in [6.07, 6.45) is 0.927. The Morgan fingerprint density at radius 2 is 1.70 bits per heavy atom. The van der Waals surface area contributed by atoms with E-state index in [0.717, 1.165) is 6.54 Å². The third kappa shape index (κ3) is 4.42. The van der Waals surface area contributed by atoms with Gasteiger partial charge in [-0.2, -0.15) is 0 Å². The first-order chi connectivity index (χ1) is 9.45. The Morgan fingerprint density at radius 1 is 1.15 bits per heavy atom. The maximum atomic E-state index is 13.8. The van der Waals surface area contributed by atoms with Crippen molar-refractivity contribution in [1.82, 2.24) is 5.32 Å². The monoisotopic (exact) mass is 287 g/mol. The second kappa shape index (κ2) is 7.55. The molecule has 1 aromatic rings. The van der Waals surface area contributed by atoms with Crippen LogP contribution in [0, 0.1) is 11.6 Å². The van der Waals surface area contributed by atoms with Crippen LogP contribution in [0.2, 0.25) is 0 Å². The molecule has 2 N–H and O–H groups in total. The van der Waals surface area contributed by atoms with Crippen LogP contribution in [0.25, 0.3) is 0 Å². The fourth-order valence-electron chi connectivity index (χ4n) is 1.78. The third-order valence-corrected chi connectivity index (χ3v) is 3.44. The lowest BCUT2D eigenvalue weighted by Gasteiger charge is -2.25.